The van der Waals surface area contributed by atoms with Crippen molar-refractivity contribution in [2.24, 2.45) is 0 Å². The number of amides is 1. The highest BCUT2D eigenvalue weighted by Gasteiger charge is 2.11. The van der Waals surface area contributed by atoms with E-state index in [9.17, 15) is 4.79 Å². The Hall–Kier alpha value is -4.42. The molecule has 5 rings (SSSR count). The maximum absolute atomic E-state index is 12.5. The van der Waals surface area contributed by atoms with E-state index in [4.69, 9.17) is 16.3 Å². The lowest BCUT2D eigenvalue weighted by Crippen LogP contribution is -2.08. The molecule has 0 atom stereocenters. The number of aromatic nitrogens is 3. The molecule has 0 aliphatic carbocycles. The zero-order chi connectivity index (χ0) is 24.9. The number of hydrogen-bond donors (Lipinski definition) is 1. The number of rotatable bonds is 7. The van der Waals surface area contributed by atoms with Gasteiger partial charge in [-0.3, -0.25) is 4.79 Å². The summed E-state index contributed by atoms with van der Waals surface area (Å²) < 4.78 is 7.61. The summed E-state index contributed by atoms with van der Waals surface area (Å²) in [5, 5.41) is 9.04. The van der Waals surface area contributed by atoms with E-state index in [2.05, 4.69) is 15.4 Å². The molecule has 1 amide bonds. The Kier molecular flexibility index (Phi) is 6.78. The van der Waals surface area contributed by atoms with E-state index in [0.29, 0.717) is 17.3 Å². The van der Waals surface area contributed by atoms with Crippen molar-refractivity contribution >= 4 is 40.3 Å². The van der Waals surface area contributed by atoms with Crippen LogP contribution in [0.5, 0.6) is 5.75 Å². The van der Waals surface area contributed by atoms with Gasteiger partial charge in [-0.05, 0) is 55.0 Å². The fourth-order valence-electron chi connectivity index (χ4n) is 3.77. The van der Waals surface area contributed by atoms with Gasteiger partial charge in [-0.15, -0.1) is 0 Å². The minimum Gasteiger partial charge on any atom is -0.489 e. The molecule has 0 fully saturated rings. The number of halogens is 1. The summed E-state index contributed by atoms with van der Waals surface area (Å²) in [6, 6.07) is 26.8. The third-order valence-corrected chi connectivity index (χ3v) is 6.00. The maximum Gasteiger partial charge on any atom is 0.248 e. The Morgan fingerprint density at radius 3 is 2.56 bits per heavy atom. The van der Waals surface area contributed by atoms with E-state index >= 15 is 0 Å². The van der Waals surface area contributed by atoms with Crippen molar-refractivity contribution in [3.63, 3.8) is 0 Å². The molecular formula is C29H23ClN4O2. The number of anilines is 1. The van der Waals surface area contributed by atoms with E-state index in [-0.39, 0.29) is 5.91 Å². The first-order chi connectivity index (χ1) is 17.6. The Balaban J connectivity index is 1.22. The number of nitrogens with zero attached hydrogens (tertiary/aromatic N) is 3. The molecule has 0 radical (unpaired) electrons. The second kappa shape index (κ2) is 10.5. The second-order valence-corrected chi connectivity index (χ2v) is 8.61. The minimum atomic E-state index is -0.247. The standard InChI is InChI=1S/C29H23ClN4O2/c1-20-26-17-23(18-31-29(26)34(33-20)24-8-3-2-4-9-24)32-28(35)16-13-21-11-14-25(15-12-21)36-19-22-7-5-6-10-27(22)30/h2-18H,19H2,1H3,(H,32,35)/b16-13+. The lowest BCUT2D eigenvalue weighted by molar-refractivity contribution is -0.111. The van der Waals surface area contributed by atoms with Gasteiger partial charge in [0.05, 0.1) is 23.3 Å². The van der Waals surface area contributed by atoms with Crippen LogP contribution in [0.15, 0.2) is 97.2 Å². The number of pyridine rings is 1. The average molecular weight is 495 g/mol. The molecule has 0 saturated heterocycles. The Labute approximate surface area is 213 Å². The average Bonchev–Trinajstić information content (AvgIpc) is 3.24. The highest BCUT2D eigenvalue weighted by atomic mass is 35.5. The molecule has 178 valence electrons. The summed E-state index contributed by atoms with van der Waals surface area (Å²) in [5.74, 6) is 0.477. The first-order valence-electron chi connectivity index (χ1n) is 11.4. The van der Waals surface area contributed by atoms with E-state index in [1.807, 2.05) is 91.9 Å². The summed E-state index contributed by atoms with van der Waals surface area (Å²) >= 11 is 6.17. The van der Waals surface area contributed by atoms with Crippen molar-refractivity contribution in [1.82, 2.24) is 14.8 Å². The summed E-state index contributed by atoms with van der Waals surface area (Å²) in [5.41, 5.74) is 4.92. The predicted molar refractivity (Wildman–Crippen MR) is 143 cm³/mol. The number of carbonyl (C=O) groups excluding carboxylic acids is 1. The Bertz CT molecular complexity index is 1540. The molecule has 6 nitrogen and oxygen atoms in total. The number of para-hydroxylation sites is 1. The van der Waals surface area contributed by atoms with Crippen LogP contribution < -0.4 is 10.1 Å². The zero-order valence-electron chi connectivity index (χ0n) is 19.6. The van der Waals surface area contributed by atoms with Crippen LogP contribution in [0.4, 0.5) is 5.69 Å². The minimum absolute atomic E-state index is 0.247. The first kappa shape index (κ1) is 23.3. The van der Waals surface area contributed by atoms with E-state index in [1.54, 1.807) is 17.0 Å². The molecule has 3 aromatic carbocycles. The van der Waals surface area contributed by atoms with Crippen LogP contribution in [0, 0.1) is 6.92 Å². The number of hydrogen-bond acceptors (Lipinski definition) is 4. The van der Waals surface area contributed by atoms with Crippen molar-refractivity contribution < 1.29 is 9.53 Å². The van der Waals surface area contributed by atoms with E-state index in [0.717, 1.165) is 39.3 Å². The van der Waals surface area contributed by atoms with Gasteiger partial charge in [0.25, 0.3) is 0 Å². The number of fused-ring (bicyclic) bond motifs is 1. The predicted octanol–water partition coefficient (Wildman–Crippen LogP) is 6.61. The molecule has 0 spiro atoms. The SMILES string of the molecule is Cc1nn(-c2ccccc2)c2ncc(NC(=O)/C=C/c3ccc(OCc4ccccc4Cl)cc3)cc12. The number of nitrogens with one attached hydrogen (secondary N) is 1. The number of carbonyl (C=O) groups is 1. The Morgan fingerprint density at radius 1 is 1.03 bits per heavy atom. The summed E-state index contributed by atoms with van der Waals surface area (Å²) in [7, 11) is 0. The molecular weight excluding hydrogens is 472 g/mol. The van der Waals surface area contributed by atoms with Crippen molar-refractivity contribution in [3.8, 4) is 11.4 Å². The summed E-state index contributed by atoms with van der Waals surface area (Å²) in [4.78, 5) is 17.1. The highest BCUT2D eigenvalue weighted by Crippen LogP contribution is 2.23. The molecule has 0 unspecified atom stereocenters. The molecule has 2 heterocycles. The van der Waals surface area contributed by atoms with Gasteiger partial charge >= 0.3 is 0 Å². The molecule has 0 saturated carbocycles. The number of ether oxygens (including phenoxy) is 1. The third-order valence-electron chi connectivity index (χ3n) is 5.63. The molecule has 7 heteroatoms. The van der Waals surface area contributed by atoms with Gasteiger partial charge in [0, 0.05) is 22.0 Å². The molecule has 0 aliphatic heterocycles. The summed E-state index contributed by atoms with van der Waals surface area (Å²) in [6.07, 6.45) is 4.88. The molecule has 0 bridgehead atoms. The summed E-state index contributed by atoms with van der Waals surface area (Å²) in [6.45, 7) is 2.32. The van der Waals surface area contributed by atoms with Crippen molar-refractivity contribution in [3.05, 3.63) is 119 Å². The van der Waals surface area contributed by atoms with Crippen LogP contribution in [-0.4, -0.2) is 20.7 Å². The first-order valence-corrected chi connectivity index (χ1v) is 11.8. The Morgan fingerprint density at radius 2 is 1.78 bits per heavy atom. The van der Waals surface area contributed by atoms with Gasteiger partial charge in [-0.2, -0.15) is 5.10 Å². The molecule has 1 N–H and O–H groups in total. The molecule has 2 aromatic heterocycles. The zero-order valence-corrected chi connectivity index (χ0v) is 20.3. The fourth-order valence-corrected chi connectivity index (χ4v) is 3.96. The largest absolute Gasteiger partial charge is 0.489 e. The monoisotopic (exact) mass is 494 g/mol. The van der Waals surface area contributed by atoms with Crippen molar-refractivity contribution in [2.45, 2.75) is 13.5 Å². The van der Waals surface area contributed by atoms with Gasteiger partial charge in [-0.25, -0.2) is 9.67 Å². The normalized spacial score (nSPS) is 11.2. The van der Waals surface area contributed by atoms with Crippen LogP contribution in [0.25, 0.3) is 22.8 Å². The van der Waals surface area contributed by atoms with Gasteiger partial charge in [0.2, 0.25) is 5.91 Å². The number of benzene rings is 3. The highest BCUT2D eigenvalue weighted by molar-refractivity contribution is 6.31. The van der Waals surface area contributed by atoms with Crippen LogP contribution in [0.3, 0.4) is 0 Å². The van der Waals surface area contributed by atoms with Gasteiger partial charge in [0.15, 0.2) is 5.65 Å². The second-order valence-electron chi connectivity index (χ2n) is 8.20. The third kappa shape index (κ3) is 5.29. The van der Waals surface area contributed by atoms with Crippen LogP contribution in [0.1, 0.15) is 16.8 Å². The smallest absolute Gasteiger partial charge is 0.248 e. The lowest BCUT2D eigenvalue weighted by Gasteiger charge is -2.08. The van der Waals surface area contributed by atoms with Crippen LogP contribution >= 0.6 is 11.6 Å². The quantitative estimate of drug-likeness (QED) is 0.258. The lowest BCUT2D eigenvalue weighted by atomic mass is 10.2. The molecule has 5 aromatic rings. The molecule has 0 aliphatic rings. The van der Waals surface area contributed by atoms with Crippen LogP contribution in [-0.2, 0) is 11.4 Å². The van der Waals surface area contributed by atoms with Gasteiger partial charge in [0.1, 0.15) is 12.4 Å². The molecule has 36 heavy (non-hydrogen) atoms. The van der Waals surface area contributed by atoms with Crippen molar-refractivity contribution in [1.29, 1.82) is 0 Å². The van der Waals surface area contributed by atoms with Gasteiger partial charge in [-0.1, -0.05) is 60.1 Å². The van der Waals surface area contributed by atoms with Crippen LogP contribution in [0.2, 0.25) is 5.02 Å². The number of aryl methyl sites for hydroxylation is 1. The van der Waals surface area contributed by atoms with Gasteiger partial charge < -0.3 is 10.1 Å². The van der Waals surface area contributed by atoms with Crippen molar-refractivity contribution in [2.75, 3.05) is 5.32 Å². The van der Waals surface area contributed by atoms with E-state index < -0.39 is 0 Å². The van der Waals surface area contributed by atoms with E-state index in [1.165, 1.54) is 6.08 Å². The topological polar surface area (TPSA) is 69.0 Å². The fraction of sp³-hybridized carbons (Fsp3) is 0.0690. The maximum atomic E-state index is 12.5.